The van der Waals surface area contributed by atoms with Crippen molar-refractivity contribution in [1.82, 2.24) is 4.98 Å². The van der Waals surface area contributed by atoms with Gasteiger partial charge in [0.15, 0.2) is 0 Å². The Labute approximate surface area is 130 Å². The van der Waals surface area contributed by atoms with Crippen LogP contribution in [0.4, 0.5) is 5.69 Å². The lowest BCUT2D eigenvalue weighted by Crippen LogP contribution is -2.02. The predicted octanol–water partition coefficient (Wildman–Crippen LogP) is 3.82. The van der Waals surface area contributed by atoms with Gasteiger partial charge in [0.1, 0.15) is 0 Å². The first-order valence-electron chi connectivity index (χ1n) is 4.93. The molecular weight excluding hydrogens is 431 g/mol. The molecule has 0 aliphatic heterocycles. The lowest BCUT2D eigenvalue weighted by Gasteiger charge is -2.07. The molecule has 2 N–H and O–H groups in total. The number of thiazole rings is 1. The highest BCUT2D eigenvalue weighted by atomic mass is 127. The summed E-state index contributed by atoms with van der Waals surface area (Å²) < 4.78 is 2.10. The van der Waals surface area contributed by atoms with Crippen molar-refractivity contribution in [2.75, 3.05) is 5.32 Å². The number of nitrogens with one attached hydrogen (secondary N) is 1. The van der Waals surface area contributed by atoms with Gasteiger partial charge in [-0.15, -0.1) is 11.3 Å². The molecule has 2 aromatic rings. The molecule has 0 radical (unpaired) electrons. The van der Waals surface area contributed by atoms with Gasteiger partial charge in [-0.25, -0.2) is 9.78 Å². The molecule has 0 aliphatic rings. The number of hydrogen-bond acceptors (Lipinski definition) is 4. The quantitative estimate of drug-likeness (QED) is 0.712. The topological polar surface area (TPSA) is 62.2 Å². The van der Waals surface area contributed by atoms with Crippen LogP contribution in [0.15, 0.2) is 28.1 Å². The maximum atomic E-state index is 10.7. The average molecular weight is 439 g/mol. The smallest absolute Gasteiger partial charge is 0.365 e. The van der Waals surface area contributed by atoms with Gasteiger partial charge in [0.25, 0.3) is 0 Å². The summed E-state index contributed by atoms with van der Waals surface area (Å²) in [5, 5.41) is 13.9. The van der Waals surface area contributed by atoms with Crippen LogP contribution in [-0.2, 0) is 6.54 Å². The summed E-state index contributed by atoms with van der Waals surface area (Å²) in [4.78, 5) is 14.7. The number of carbonyl (C=O) groups is 1. The zero-order valence-corrected chi connectivity index (χ0v) is 13.5. The molecule has 0 atom stereocenters. The van der Waals surface area contributed by atoms with Crippen molar-refractivity contribution in [2.24, 2.45) is 0 Å². The van der Waals surface area contributed by atoms with Crippen molar-refractivity contribution in [3.63, 3.8) is 0 Å². The number of carboxylic acids is 1. The fourth-order valence-electron chi connectivity index (χ4n) is 1.31. The van der Waals surface area contributed by atoms with Crippen molar-refractivity contribution in [3.05, 3.63) is 42.3 Å². The lowest BCUT2D eigenvalue weighted by atomic mass is 10.3. The first-order valence-corrected chi connectivity index (χ1v) is 7.68. The monoisotopic (exact) mass is 438 g/mol. The zero-order valence-electron chi connectivity index (χ0n) is 8.98. The molecule has 1 heterocycles. The molecule has 1 aromatic carbocycles. The number of benzene rings is 1. The number of aromatic carboxylic acids is 1. The first-order chi connectivity index (χ1) is 8.56. The third-order valence-corrected chi connectivity index (χ3v) is 4.44. The second-order valence-corrected chi connectivity index (χ2v) is 6.36. The third kappa shape index (κ3) is 3.42. The summed E-state index contributed by atoms with van der Waals surface area (Å²) in [5.74, 6) is -0.983. The van der Waals surface area contributed by atoms with E-state index >= 15 is 0 Å². The Morgan fingerprint density at radius 1 is 1.56 bits per heavy atom. The van der Waals surface area contributed by atoms with E-state index in [1.54, 1.807) is 5.38 Å². The van der Waals surface area contributed by atoms with Crippen molar-refractivity contribution >= 4 is 61.5 Å². The standard InChI is InChI=1S/C11H8BrIN2O2S/c12-6-1-2-8(13)9(3-6)14-4-7-5-18-10(15-7)11(16)17/h1-3,5,14H,4H2,(H,16,17). The predicted molar refractivity (Wildman–Crippen MR) is 83.3 cm³/mol. The minimum Gasteiger partial charge on any atom is -0.476 e. The molecule has 1 aromatic heterocycles. The van der Waals surface area contributed by atoms with Crippen LogP contribution < -0.4 is 5.32 Å². The molecule has 0 spiro atoms. The van der Waals surface area contributed by atoms with Crippen LogP contribution in [0, 0.1) is 3.57 Å². The summed E-state index contributed by atoms with van der Waals surface area (Å²) in [6, 6.07) is 5.95. The van der Waals surface area contributed by atoms with Gasteiger partial charge in [0.05, 0.1) is 12.2 Å². The average Bonchev–Trinajstić information content (AvgIpc) is 2.79. The van der Waals surface area contributed by atoms with Gasteiger partial charge in [-0.05, 0) is 40.8 Å². The lowest BCUT2D eigenvalue weighted by molar-refractivity contribution is 0.0696. The fraction of sp³-hybridized carbons (Fsp3) is 0.0909. The van der Waals surface area contributed by atoms with Crippen LogP contribution in [0.5, 0.6) is 0 Å². The van der Waals surface area contributed by atoms with E-state index < -0.39 is 5.97 Å². The molecule has 0 unspecified atom stereocenters. The molecule has 0 fully saturated rings. The van der Waals surface area contributed by atoms with E-state index in [2.05, 4.69) is 48.8 Å². The molecule has 0 amide bonds. The van der Waals surface area contributed by atoms with Gasteiger partial charge in [0, 0.05) is 19.1 Å². The number of halogens is 2. The molecule has 94 valence electrons. The normalized spacial score (nSPS) is 10.3. The van der Waals surface area contributed by atoms with E-state index in [9.17, 15) is 4.79 Å². The first kappa shape index (κ1) is 13.8. The highest BCUT2D eigenvalue weighted by molar-refractivity contribution is 14.1. The van der Waals surface area contributed by atoms with Gasteiger partial charge in [-0.1, -0.05) is 15.9 Å². The summed E-state index contributed by atoms with van der Waals surface area (Å²) in [6.07, 6.45) is 0. The Hall–Kier alpha value is -0.670. The van der Waals surface area contributed by atoms with Crippen molar-refractivity contribution in [3.8, 4) is 0 Å². The minimum absolute atomic E-state index is 0.121. The third-order valence-electron chi connectivity index (χ3n) is 2.12. The summed E-state index contributed by atoms with van der Waals surface area (Å²) in [5.41, 5.74) is 1.73. The van der Waals surface area contributed by atoms with E-state index in [4.69, 9.17) is 5.11 Å². The van der Waals surface area contributed by atoms with Gasteiger partial charge in [0.2, 0.25) is 5.01 Å². The van der Waals surface area contributed by atoms with Crippen LogP contribution in [0.25, 0.3) is 0 Å². The molecule has 4 nitrogen and oxygen atoms in total. The summed E-state index contributed by atoms with van der Waals surface area (Å²) in [6.45, 7) is 0.510. The largest absolute Gasteiger partial charge is 0.476 e. The fourth-order valence-corrected chi connectivity index (χ4v) is 2.85. The number of hydrogen-bond donors (Lipinski definition) is 2. The molecule has 0 aliphatic carbocycles. The number of rotatable bonds is 4. The molecule has 0 bridgehead atoms. The Morgan fingerprint density at radius 3 is 3.00 bits per heavy atom. The molecule has 0 saturated carbocycles. The van der Waals surface area contributed by atoms with Crippen LogP contribution in [0.3, 0.4) is 0 Å². The molecule has 7 heteroatoms. The Balaban J connectivity index is 2.06. The highest BCUT2D eigenvalue weighted by Crippen LogP contribution is 2.23. The number of anilines is 1. The van der Waals surface area contributed by atoms with Crippen LogP contribution in [0.1, 0.15) is 15.5 Å². The van der Waals surface area contributed by atoms with Crippen molar-refractivity contribution < 1.29 is 9.90 Å². The van der Waals surface area contributed by atoms with E-state index in [1.165, 1.54) is 0 Å². The number of nitrogens with zero attached hydrogens (tertiary/aromatic N) is 1. The molecule has 2 rings (SSSR count). The van der Waals surface area contributed by atoms with E-state index in [-0.39, 0.29) is 5.01 Å². The molecule has 18 heavy (non-hydrogen) atoms. The van der Waals surface area contributed by atoms with Gasteiger partial charge >= 0.3 is 5.97 Å². The second-order valence-electron chi connectivity index (χ2n) is 3.43. The van der Waals surface area contributed by atoms with Crippen LogP contribution in [-0.4, -0.2) is 16.1 Å². The van der Waals surface area contributed by atoms with E-state index in [0.717, 1.165) is 30.8 Å². The van der Waals surface area contributed by atoms with Crippen LogP contribution in [0.2, 0.25) is 0 Å². The summed E-state index contributed by atoms with van der Waals surface area (Å²) in [7, 11) is 0. The minimum atomic E-state index is -0.983. The number of aromatic nitrogens is 1. The van der Waals surface area contributed by atoms with Crippen molar-refractivity contribution in [2.45, 2.75) is 6.54 Å². The molecule has 0 saturated heterocycles. The van der Waals surface area contributed by atoms with Gasteiger partial charge in [-0.2, -0.15) is 0 Å². The zero-order chi connectivity index (χ0) is 13.1. The van der Waals surface area contributed by atoms with E-state index in [1.807, 2.05) is 18.2 Å². The van der Waals surface area contributed by atoms with Gasteiger partial charge in [-0.3, -0.25) is 0 Å². The Kier molecular flexibility index (Phi) is 4.57. The Morgan fingerprint density at radius 2 is 2.33 bits per heavy atom. The Bertz CT molecular complexity index is 588. The number of carboxylic acid groups (broad SMARTS) is 1. The maximum absolute atomic E-state index is 10.7. The second kappa shape index (κ2) is 5.98. The van der Waals surface area contributed by atoms with Crippen LogP contribution >= 0.6 is 49.9 Å². The van der Waals surface area contributed by atoms with Crippen molar-refractivity contribution in [1.29, 1.82) is 0 Å². The van der Waals surface area contributed by atoms with Gasteiger partial charge < -0.3 is 10.4 Å². The SMILES string of the molecule is O=C(O)c1nc(CNc2cc(Br)ccc2I)cs1. The highest BCUT2D eigenvalue weighted by Gasteiger charge is 2.09. The van der Waals surface area contributed by atoms with E-state index in [0.29, 0.717) is 6.54 Å². The maximum Gasteiger partial charge on any atom is 0.365 e. The molecular formula is C11H8BrIN2O2S. The summed E-state index contributed by atoms with van der Waals surface area (Å²) >= 11 is 6.79.